The third kappa shape index (κ3) is 4.70. The molecular formula is C31H27F2N7O. The first-order valence-electron chi connectivity index (χ1n) is 13.7. The lowest BCUT2D eigenvalue weighted by Crippen LogP contribution is -2.30. The summed E-state index contributed by atoms with van der Waals surface area (Å²) in [5.74, 6) is -0.296. The number of nitrogens with zero attached hydrogens (tertiary/aromatic N) is 4. The number of pyridine rings is 2. The Kier molecular flexibility index (Phi) is 6.39. The van der Waals surface area contributed by atoms with Crippen LogP contribution in [0.5, 0.6) is 0 Å². The first-order valence-corrected chi connectivity index (χ1v) is 13.7. The predicted molar refractivity (Wildman–Crippen MR) is 154 cm³/mol. The third-order valence-corrected chi connectivity index (χ3v) is 7.85. The molecule has 41 heavy (non-hydrogen) atoms. The Morgan fingerprint density at radius 1 is 0.927 bits per heavy atom. The maximum atomic E-state index is 16.2. The smallest absolute Gasteiger partial charge is 0.159 e. The van der Waals surface area contributed by atoms with Crippen LogP contribution in [0, 0.1) is 17.6 Å². The second kappa shape index (κ2) is 10.4. The lowest BCUT2D eigenvalue weighted by molar-refractivity contribution is 0.109. The number of hydrogen-bond donors (Lipinski definition) is 4. The van der Waals surface area contributed by atoms with Crippen molar-refractivity contribution in [1.29, 1.82) is 0 Å². The number of aliphatic hydroxyl groups excluding tert-OH is 1. The first-order chi connectivity index (χ1) is 20.0. The van der Waals surface area contributed by atoms with Crippen LogP contribution in [0.2, 0.25) is 0 Å². The van der Waals surface area contributed by atoms with Gasteiger partial charge in [-0.15, -0.1) is 0 Å². The summed E-state index contributed by atoms with van der Waals surface area (Å²) in [4.78, 5) is 16.7. The van der Waals surface area contributed by atoms with Crippen LogP contribution in [0.4, 0.5) is 14.5 Å². The summed E-state index contributed by atoms with van der Waals surface area (Å²) in [6.45, 7) is 0. The number of H-pyrrole nitrogens is 2. The molecule has 7 rings (SSSR count). The van der Waals surface area contributed by atoms with E-state index in [0.717, 1.165) is 25.7 Å². The normalized spacial score (nSPS) is 15.0. The van der Waals surface area contributed by atoms with E-state index >= 15 is 4.39 Å². The van der Waals surface area contributed by atoms with Gasteiger partial charge in [0, 0.05) is 35.0 Å². The molecule has 4 aromatic heterocycles. The summed E-state index contributed by atoms with van der Waals surface area (Å²) >= 11 is 0. The van der Waals surface area contributed by atoms with Crippen LogP contribution in [-0.4, -0.2) is 41.5 Å². The third-order valence-electron chi connectivity index (χ3n) is 7.85. The number of aromatic amines is 2. The second-order valence-electron chi connectivity index (χ2n) is 10.5. The molecule has 0 amide bonds. The number of hydrogen-bond acceptors (Lipinski definition) is 6. The lowest BCUT2D eigenvalue weighted by Gasteiger charge is -2.27. The van der Waals surface area contributed by atoms with Crippen molar-refractivity contribution < 1.29 is 13.9 Å². The van der Waals surface area contributed by atoms with Crippen molar-refractivity contribution >= 4 is 27.6 Å². The second-order valence-corrected chi connectivity index (χ2v) is 10.5. The van der Waals surface area contributed by atoms with Crippen LogP contribution in [0.3, 0.4) is 0 Å². The van der Waals surface area contributed by atoms with Crippen molar-refractivity contribution in [3.05, 3.63) is 78.8 Å². The van der Waals surface area contributed by atoms with Gasteiger partial charge >= 0.3 is 0 Å². The molecule has 10 heteroatoms. The van der Waals surface area contributed by atoms with Crippen molar-refractivity contribution in [1.82, 2.24) is 30.1 Å². The Morgan fingerprint density at radius 3 is 2.66 bits per heavy atom. The van der Waals surface area contributed by atoms with Gasteiger partial charge in [-0.1, -0.05) is 31.4 Å². The number of rotatable bonds is 6. The average Bonchev–Trinajstić information content (AvgIpc) is 3.63. The van der Waals surface area contributed by atoms with Crippen molar-refractivity contribution in [2.24, 2.45) is 5.92 Å². The molecule has 0 spiro atoms. The van der Waals surface area contributed by atoms with Gasteiger partial charge in [-0.05, 0) is 49.2 Å². The summed E-state index contributed by atoms with van der Waals surface area (Å²) in [5.41, 5.74) is 4.67. The molecular weight excluding hydrogens is 524 g/mol. The van der Waals surface area contributed by atoms with E-state index < -0.39 is 12.0 Å². The highest BCUT2D eigenvalue weighted by atomic mass is 19.1. The summed E-state index contributed by atoms with van der Waals surface area (Å²) < 4.78 is 30.1. The van der Waals surface area contributed by atoms with Gasteiger partial charge in [0.2, 0.25) is 0 Å². The first kappa shape index (κ1) is 25.3. The zero-order valence-corrected chi connectivity index (χ0v) is 22.0. The molecule has 0 aliphatic heterocycles. The predicted octanol–water partition coefficient (Wildman–Crippen LogP) is 6.82. The van der Waals surface area contributed by atoms with Crippen LogP contribution in [-0.2, 0) is 0 Å². The molecule has 1 fully saturated rings. The van der Waals surface area contributed by atoms with Crippen LogP contribution < -0.4 is 5.32 Å². The van der Waals surface area contributed by atoms with E-state index in [1.165, 1.54) is 18.6 Å². The number of benzene rings is 2. The molecule has 4 N–H and O–H groups in total. The maximum absolute atomic E-state index is 16.2. The molecule has 1 aliphatic rings. The number of anilines is 1. The van der Waals surface area contributed by atoms with Crippen molar-refractivity contribution in [3.63, 3.8) is 0 Å². The van der Waals surface area contributed by atoms with Crippen LogP contribution in [0.25, 0.3) is 55.8 Å². The number of fused-ring (bicyclic) bond motifs is 2. The Labute approximate surface area is 233 Å². The fraction of sp³-hybridized carbons (Fsp3) is 0.226. The Morgan fingerprint density at radius 2 is 1.80 bits per heavy atom. The van der Waals surface area contributed by atoms with E-state index in [9.17, 15) is 9.50 Å². The zero-order chi connectivity index (χ0) is 27.9. The molecule has 1 unspecified atom stereocenters. The molecule has 0 radical (unpaired) electrons. The Balaban J connectivity index is 1.26. The minimum Gasteiger partial charge on any atom is -0.374 e. The molecule has 1 saturated carbocycles. The quantitative estimate of drug-likeness (QED) is 0.169. The Bertz CT molecular complexity index is 1880. The fourth-order valence-electron chi connectivity index (χ4n) is 5.77. The van der Waals surface area contributed by atoms with E-state index in [4.69, 9.17) is 4.98 Å². The molecule has 0 saturated heterocycles. The van der Waals surface area contributed by atoms with Crippen molar-refractivity contribution in [2.75, 3.05) is 5.32 Å². The Hall–Kier alpha value is -4.70. The minimum absolute atomic E-state index is 0.189. The maximum Gasteiger partial charge on any atom is 0.159 e. The van der Waals surface area contributed by atoms with E-state index in [2.05, 4.69) is 30.5 Å². The van der Waals surface area contributed by atoms with Crippen LogP contribution >= 0.6 is 0 Å². The van der Waals surface area contributed by atoms with Gasteiger partial charge in [0.05, 0.1) is 34.0 Å². The number of nitrogens with one attached hydrogen (secondary N) is 3. The molecule has 0 bridgehead atoms. The molecule has 206 valence electrons. The van der Waals surface area contributed by atoms with Gasteiger partial charge in [0.25, 0.3) is 0 Å². The molecule has 4 heterocycles. The molecule has 6 aromatic rings. The monoisotopic (exact) mass is 551 g/mol. The van der Waals surface area contributed by atoms with E-state index in [0.29, 0.717) is 56.1 Å². The van der Waals surface area contributed by atoms with Crippen molar-refractivity contribution in [3.8, 4) is 33.9 Å². The molecule has 1 atom stereocenters. The molecule has 2 aromatic carbocycles. The van der Waals surface area contributed by atoms with Gasteiger partial charge < -0.3 is 15.4 Å². The standard InChI is InChI=1S/C31H27F2N7O/c32-20-8-4-7-18(13-20)27-28-24(11-12-35-27)37-30(38-28)29-25-23(39-40-29)10-9-22(26(25)33)19-14-21(16-34-15-19)36-31(41)17-5-2-1-3-6-17/h4,7-17,31,36,41H,1-3,5-6H2,(H,37,38)(H,39,40). The summed E-state index contributed by atoms with van der Waals surface area (Å²) in [6.07, 6.45) is 9.58. The van der Waals surface area contributed by atoms with Crippen molar-refractivity contribution in [2.45, 2.75) is 38.3 Å². The van der Waals surface area contributed by atoms with Crippen LogP contribution in [0.15, 0.2) is 67.1 Å². The van der Waals surface area contributed by atoms with E-state index in [-0.39, 0.29) is 17.1 Å². The van der Waals surface area contributed by atoms with Crippen LogP contribution in [0.1, 0.15) is 32.1 Å². The highest BCUT2D eigenvalue weighted by Gasteiger charge is 2.23. The number of aromatic nitrogens is 6. The average molecular weight is 552 g/mol. The van der Waals surface area contributed by atoms with E-state index in [1.54, 1.807) is 55.0 Å². The van der Waals surface area contributed by atoms with Gasteiger partial charge in [-0.25, -0.2) is 13.8 Å². The highest BCUT2D eigenvalue weighted by Crippen LogP contribution is 2.36. The summed E-state index contributed by atoms with van der Waals surface area (Å²) in [6, 6.07) is 13.2. The zero-order valence-electron chi connectivity index (χ0n) is 22.0. The lowest BCUT2D eigenvalue weighted by atomic mass is 9.88. The topological polar surface area (TPSA) is 115 Å². The van der Waals surface area contributed by atoms with Gasteiger partial charge in [-0.2, -0.15) is 5.10 Å². The van der Waals surface area contributed by atoms with Gasteiger partial charge in [0.1, 0.15) is 29.1 Å². The van der Waals surface area contributed by atoms with Gasteiger partial charge in [-0.3, -0.25) is 15.1 Å². The summed E-state index contributed by atoms with van der Waals surface area (Å²) in [5, 5.41) is 21.4. The SMILES string of the molecule is OC(Nc1cncc(-c2ccc3[nH]nc(-c4nc5c(-c6cccc(F)c6)nccc5[nH]4)c3c2F)c1)C1CCCCC1. The number of aliphatic hydroxyl groups is 1. The summed E-state index contributed by atoms with van der Waals surface area (Å²) in [7, 11) is 0. The highest BCUT2D eigenvalue weighted by molar-refractivity contribution is 5.98. The number of imidazole rings is 1. The van der Waals surface area contributed by atoms with E-state index in [1.807, 2.05) is 0 Å². The largest absolute Gasteiger partial charge is 0.374 e. The minimum atomic E-state index is -0.681. The molecule has 8 nitrogen and oxygen atoms in total. The fourth-order valence-corrected chi connectivity index (χ4v) is 5.77. The van der Waals surface area contributed by atoms with Gasteiger partial charge in [0.15, 0.2) is 5.82 Å². The molecule has 1 aliphatic carbocycles. The number of halogens is 2.